The molecule has 4 unspecified atom stereocenters. The van der Waals surface area contributed by atoms with E-state index in [9.17, 15) is 9.90 Å². The van der Waals surface area contributed by atoms with Crippen LogP contribution in [0.25, 0.3) is 11.3 Å². The van der Waals surface area contributed by atoms with Gasteiger partial charge in [0, 0.05) is 43.0 Å². The van der Waals surface area contributed by atoms with E-state index in [0.717, 1.165) is 56.7 Å². The second-order valence-corrected chi connectivity index (χ2v) is 10.4. The average Bonchev–Trinajstić information content (AvgIpc) is 3.58. The topological polar surface area (TPSA) is 89.1 Å². The molecule has 170 valence electrons. The van der Waals surface area contributed by atoms with E-state index in [1.54, 1.807) is 6.33 Å². The van der Waals surface area contributed by atoms with Crippen LogP contribution >= 0.6 is 0 Å². The molecule has 8 nitrogen and oxygen atoms in total. The number of aryl methyl sites for hydroxylation is 1. The van der Waals surface area contributed by atoms with Gasteiger partial charge in [0.1, 0.15) is 12.2 Å². The number of hydrogen-bond donors (Lipinski definition) is 1. The Morgan fingerprint density at radius 2 is 2.00 bits per heavy atom. The van der Waals surface area contributed by atoms with Gasteiger partial charge in [0.05, 0.1) is 36.3 Å². The Labute approximate surface area is 192 Å². The van der Waals surface area contributed by atoms with Crippen LogP contribution in [0.2, 0.25) is 0 Å². The van der Waals surface area contributed by atoms with Gasteiger partial charge in [-0.05, 0) is 31.2 Å². The lowest BCUT2D eigenvalue weighted by Crippen LogP contribution is -2.60. The molecule has 8 heteroatoms. The predicted octanol–water partition coefficient (Wildman–Crippen LogP) is 2.30. The minimum absolute atomic E-state index is 0.0104. The minimum atomic E-state index is -0.351. The van der Waals surface area contributed by atoms with Crippen LogP contribution in [0.1, 0.15) is 43.1 Å². The molecule has 1 saturated carbocycles. The van der Waals surface area contributed by atoms with Crippen LogP contribution in [-0.4, -0.2) is 59.4 Å². The van der Waals surface area contributed by atoms with Crippen molar-refractivity contribution in [1.29, 1.82) is 0 Å². The van der Waals surface area contributed by atoms with Crippen molar-refractivity contribution >= 4 is 5.91 Å². The molecule has 1 amide bonds. The van der Waals surface area contributed by atoms with Gasteiger partial charge in [-0.15, -0.1) is 10.2 Å². The number of likely N-dealkylation sites (tertiary alicyclic amines) is 1. The lowest BCUT2D eigenvalue weighted by atomic mass is 9.53. The fourth-order valence-electron chi connectivity index (χ4n) is 6.98. The maximum absolute atomic E-state index is 13.2. The van der Waals surface area contributed by atoms with Crippen molar-refractivity contribution in [3.63, 3.8) is 0 Å². The monoisotopic (exact) mass is 444 g/mol. The number of carbonyl (C=O) groups excluding carboxylic acids is 1. The second kappa shape index (κ2) is 7.00. The lowest BCUT2D eigenvalue weighted by molar-refractivity contribution is -0.166. The summed E-state index contributed by atoms with van der Waals surface area (Å²) in [5.74, 6) is 1.43. The zero-order chi connectivity index (χ0) is 22.2. The standard InChI is InChI=1S/C25H28N6O2/c32-23-19(22-18-4-2-1-3-17(18)20-12-26-14-31(20)22)11-25(23)7-9-29(10-8-25)24(33)16-5-6-21-28-27-15-30(21)13-16/h1-4,12,14-16,19,22-23,32H,5-11,13H2. The molecule has 1 aromatic carbocycles. The van der Waals surface area contributed by atoms with Gasteiger partial charge in [-0.1, -0.05) is 24.3 Å². The first-order valence-corrected chi connectivity index (χ1v) is 12.1. The number of fused-ring (bicyclic) bond motifs is 4. The second-order valence-electron chi connectivity index (χ2n) is 10.4. The summed E-state index contributed by atoms with van der Waals surface area (Å²) in [5.41, 5.74) is 3.62. The first-order valence-electron chi connectivity index (χ1n) is 12.1. The Morgan fingerprint density at radius 1 is 1.15 bits per heavy atom. The Morgan fingerprint density at radius 3 is 2.85 bits per heavy atom. The van der Waals surface area contributed by atoms with E-state index in [2.05, 4.69) is 44.0 Å². The highest BCUT2D eigenvalue weighted by Crippen LogP contribution is 2.59. The number of piperidine rings is 1. The van der Waals surface area contributed by atoms with Crippen molar-refractivity contribution in [2.24, 2.45) is 17.3 Å². The van der Waals surface area contributed by atoms with Crippen LogP contribution in [0.3, 0.4) is 0 Å². The summed E-state index contributed by atoms with van der Waals surface area (Å²) in [5, 5.41) is 19.5. The van der Waals surface area contributed by atoms with Gasteiger partial charge in [-0.25, -0.2) is 4.98 Å². The first-order chi connectivity index (χ1) is 16.1. The van der Waals surface area contributed by atoms with Crippen LogP contribution < -0.4 is 0 Å². The maximum Gasteiger partial charge on any atom is 0.227 e. The maximum atomic E-state index is 13.2. The fourth-order valence-corrected chi connectivity index (χ4v) is 6.98. The summed E-state index contributed by atoms with van der Waals surface area (Å²) in [6, 6.07) is 8.66. The Bertz CT molecular complexity index is 1220. The number of amides is 1. The number of benzene rings is 1. The molecule has 2 fully saturated rings. The average molecular weight is 445 g/mol. The number of aliphatic hydroxyl groups excluding tert-OH is 1. The van der Waals surface area contributed by atoms with E-state index in [4.69, 9.17) is 0 Å². The summed E-state index contributed by atoms with van der Waals surface area (Å²) >= 11 is 0. The molecule has 3 aliphatic heterocycles. The highest BCUT2D eigenvalue weighted by atomic mass is 16.3. The smallest absolute Gasteiger partial charge is 0.227 e. The largest absolute Gasteiger partial charge is 0.392 e. The van der Waals surface area contributed by atoms with Crippen molar-refractivity contribution in [1.82, 2.24) is 29.2 Å². The Kier molecular flexibility index (Phi) is 4.13. The number of carbonyl (C=O) groups is 1. The summed E-state index contributed by atoms with van der Waals surface area (Å²) in [4.78, 5) is 19.6. The summed E-state index contributed by atoms with van der Waals surface area (Å²) in [6.07, 6.45) is 9.64. The van der Waals surface area contributed by atoms with Gasteiger partial charge in [0.15, 0.2) is 0 Å². The third-order valence-corrected chi connectivity index (χ3v) is 8.85. The van der Waals surface area contributed by atoms with Crippen LogP contribution in [0.15, 0.2) is 43.1 Å². The van der Waals surface area contributed by atoms with Crippen molar-refractivity contribution in [3.8, 4) is 11.3 Å². The molecule has 0 bridgehead atoms. The number of imidazole rings is 1. The Hall–Kier alpha value is -3.00. The molecule has 1 spiro atoms. The molecule has 7 rings (SSSR count). The molecule has 2 aromatic heterocycles. The molecule has 0 radical (unpaired) electrons. The molecule has 4 aliphatic rings. The number of aromatic nitrogens is 5. The van der Waals surface area contributed by atoms with E-state index >= 15 is 0 Å². The summed E-state index contributed by atoms with van der Waals surface area (Å²) in [7, 11) is 0. The fraction of sp³-hybridized carbons (Fsp3) is 0.520. The van der Waals surface area contributed by atoms with E-state index in [0.29, 0.717) is 6.54 Å². The van der Waals surface area contributed by atoms with Gasteiger partial charge < -0.3 is 19.1 Å². The molecule has 3 aromatic rings. The van der Waals surface area contributed by atoms with Gasteiger partial charge >= 0.3 is 0 Å². The number of nitrogens with zero attached hydrogens (tertiary/aromatic N) is 6. The van der Waals surface area contributed by atoms with Gasteiger partial charge in [-0.3, -0.25) is 4.79 Å². The minimum Gasteiger partial charge on any atom is -0.392 e. The molecule has 1 aliphatic carbocycles. The van der Waals surface area contributed by atoms with Crippen molar-refractivity contribution in [3.05, 3.63) is 54.5 Å². The zero-order valence-corrected chi connectivity index (χ0v) is 18.5. The normalized spacial score (nSPS) is 29.3. The number of hydrogen-bond acceptors (Lipinski definition) is 5. The van der Waals surface area contributed by atoms with Gasteiger partial charge in [-0.2, -0.15) is 0 Å². The molecule has 5 heterocycles. The van der Waals surface area contributed by atoms with Crippen LogP contribution in [0.5, 0.6) is 0 Å². The highest BCUT2D eigenvalue weighted by molar-refractivity contribution is 5.79. The summed E-state index contributed by atoms with van der Waals surface area (Å²) in [6.45, 7) is 2.17. The van der Waals surface area contributed by atoms with Crippen molar-refractivity contribution < 1.29 is 9.90 Å². The molecule has 1 saturated heterocycles. The van der Waals surface area contributed by atoms with E-state index < -0.39 is 0 Å². The van der Waals surface area contributed by atoms with Gasteiger partial charge in [0.2, 0.25) is 5.91 Å². The van der Waals surface area contributed by atoms with Crippen molar-refractivity contribution in [2.45, 2.75) is 50.8 Å². The quantitative estimate of drug-likeness (QED) is 0.655. The number of rotatable bonds is 2. The molecule has 33 heavy (non-hydrogen) atoms. The van der Waals surface area contributed by atoms with Crippen molar-refractivity contribution in [2.75, 3.05) is 13.1 Å². The predicted molar refractivity (Wildman–Crippen MR) is 120 cm³/mol. The number of aliphatic hydroxyl groups is 1. The van der Waals surface area contributed by atoms with Crippen LogP contribution in [0.4, 0.5) is 0 Å². The highest BCUT2D eigenvalue weighted by Gasteiger charge is 2.58. The molecule has 4 atom stereocenters. The van der Waals surface area contributed by atoms with Gasteiger partial charge in [0.25, 0.3) is 0 Å². The Balaban J connectivity index is 1.04. The zero-order valence-electron chi connectivity index (χ0n) is 18.5. The third-order valence-electron chi connectivity index (χ3n) is 8.85. The lowest BCUT2D eigenvalue weighted by Gasteiger charge is -2.58. The van der Waals surface area contributed by atoms with Crippen LogP contribution in [0, 0.1) is 17.3 Å². The van der Waals surface area contributed by atoms with E-state index in [-0.39, 0.29) is 35.3 Å². The molecule has 1 N–H and O–H groups in total. The third kappa shape index (κ3) is 2.73. The SMILES string of the molecule is O=C(C1CCc2nncn2C1)N1CCC2(CC1)CC(C1c3ccccc3-c3cncn31)C2O. The molecular weight excluding hydrogens is 416 g/mol. The van der Waals surface area contributed by atoms with Crippen LogP contribution in [-0.2, 0) is 17.8 Å². The molecular formula is C25H28N6O2. The summed E-state index contributed by atoms with van der Waals surface area (Å²) < 4.78 is 4.26. The first kappa shape index (κ1) is 19.5. The van der Waals surface area contributed by atoms with E-state index in [1.165, 1.54) is 11.1 Å². The van der Waals surface area contributed by atoms with E-state index in [1.807, 2.05) is 22.0 Å².